The zero-order valence-electron chi connectivity index (χ0n) is 13.7. The highest BCUT2D eigenvalue weighted by molar-refractivity contribution is 5.35. The van der Waals surface area contributed by atoms with Gasteiger partial charge in [0, 0.05) is 5.92 Å². The van der Waals surface area contributed by atoms with Crippen LogP contribution < -0.4 is 5.73 Å². The first kappa shape index (κ1) is 15.8. The fraction of sp³-hybridized carbons (Fsp3) is 0.400. The number of benzene rings is 2. The first-order chi connectivity index (χ1) is 10.0. The van der Waals surface area contributed by atoms with Gasteiger partial charge in [-0.05, 0) is 55.0 Å². The van der Waals surface area contributed by atoms with Crippen LogP contribution in [0, 0.1) is 13.8 Å². The normalized spacial score (nSPS) is 12.7. The Labute approximate surface area is 129 Å². The number of nitrogens with two attached hydrogens (primary N) is 1. The predicted molar refractivity (Wildman–Crippen MR) is 91.9 cm³/mol. The molecule has 1 nitrogen and oxygen atoms in total. The second-order valence-corrected chi connectivity index (χ2v) is 6.39. The molecular weight excluding hydrogens is 254 g/mol. The van der Waals surface area contributed by atoms with Gasteiger partial charge in [-0.3, -0.25) is 0 Å². The molecule has 0 radical (unpaired) electrons. The van der Waals surface area contributed by atoms with E-state index in [2.05, 4.69) is 70.2 Å². The summed E-state index contributed by atoms with van der Waals surface area (Å²) >= 11 is 0. The van der Waals surface area contributed by atoms with Gasteiger partial charge in [0.05, 0.1) is 0 Å². The molecule has 112 valence electrons. The highest BCUT2D eigenvalue weighted by Gasteiger charge is 2.13. The van der Waals surface area contributed by atoms with Crippen molar-refractivity contribution < 1.29 is 0 Å². The summed E-state index contributed by atoms with van der Waals surface area (Å²) in [6, 6.07) is 15.7. The van der Waals surface area contributed by atoms with E-state index in [9.17, 15) is 0 Å². The number of hydrogen-bond donors (Lipinski definition) is 1. The highest BCUT2D eigenvalue weighted by atomic mass is 14.5. The van der Waals surface area contributed by atoms with Crippen molar-refractivity contribution in [3.05, 3.63) is 70.3 Å². The lowest BCUT2D eigenvalue weighted by Crippen LogP contribution is -2.16. The maximum absolute atomic E-state index is 6.05. The van der Waals surface area contributed by atoms with Crippen LogP contribution in [0.15, 0.2) is 42.5 Å². The molecular formula is C20H27N. The Hall–Kier alpha value is -1.60. The van der Waals surface area contributed by atoms with Crippen molar-refractivity contribution in [1.82, 2.24) is 0 Å². The topological polar surface area (TPSA) is 26.0 Å². The summed E-state index contributed by atoms with van der Waals surface area (Å²) in [6.45, 7) is 9.48. The van der Waals surface area contributed by atoms with Gasteiger partial charge in [0.2, 0.25) is 0 Å². The fourth-order valence-electron chi connectivity index (χ4n) is 2.84. The van der Waals surface area contributed by atoms with E-state index in [-0.39, 0.29) is 0 Å². The molecule has 0 aromatic heterocycles. The molecule has 21 heavy (non-hydrogen) atoms. The van der Waals surface area contributed by atoms with E-state index >= 15 is 0 Å². The molecule has 0 saturated carbocycles. The highest BCUT2D eigenvalue weighted by Crippen LogP contribution is 2.25. The Balaban J connectivity index is 2.20. The van der Waals surface area contributed by atoms with E-state index in [1.807, 2.05) is 0 Å². The Bertz CT molecular complexity index is 581. The van der Waals surface area contributed by atoms with Gasteiger partial charge in [0.15, 0.2) is 0 Å². The molecule has 2 rings (SSSR count). The van der Waals surface area contributed by atoms with Gasteiger partial charge in [-0.15, -0.1) is 0 Å². The molecule has 0 heterocycles. The fourth-order valence-corrected chi connectivity index (χ4v) is 2.84. The van der Waals surface area contributed by atoms with Gasteiger partial charge in [-0.2, -0.15) is 0 Å². The molecule has 0 bridgehead atoms. The summed E-state index contributed by atoms with van der Waals surface area (Å²) in [4.78, 5) is 0. The third-order valence-electron chi connectivity index (χ3n) is 4.29. The predicted octanol–water partition coefficient (Wildman–Crippen LogP) is 4.71. The number of hydrogen-bond acceptors (Lipinski definition) is 1. The summed E-state index contributed by atoms with van der Waals surface area (Å²) in [5.74, 6) is 0.984. The third kappa shape index (κ3) is 3.95. The van der Waals surface area contributed by atoms with Crippen molar-refractivity contribution >= 4 is 0 Å². The van der Waals surface area contributed by atoms with Crippen molar-refractivity contribution in [3.8, 4) is 0 Å². The molecule has 0 spiro atoms. The molecule has 0 amide bonds. The average molecular weight is 281 g/mol. The van der Waals surface area contributed by atoms with E-state index in [1.54, 1.807) is 0 Å². The summed E-state index contributed by atoms with van der Waals surface area (Å²) < 4.78 is 0. The van der Waals surface area contributed by atoms with Crippen LogP contribution >= 0.6 is 0 Å². The van der Waals surface area contributed by atoms with Crippen LogP contribution in [-0.4, -0.2) is 6.54 Å². The summed E-state index contributed by atoms with van der Waals surface area (Å²) in [5.41, 5.74) is 12.9. The smallest absolute Gasteiger partial charge is 0.000429 e. The summed E-state index contributed by atoms with van der Waals surface area (Å²) in [5, 5.41) is 0. The zero-order chi connectivity index (χ0) is 15.4. The van der Waals surface area contributed by atoms with Gasteiger partial charge in [0.1, 0.15) is 0 Å². The Morgan fingerprint density at radius 1 is 0.952 bits per heavy atom. The van der Waals surface area contributed by atoms with Crippen LogP contribution in [-0.2, 0) is 6.42 Å². The molecule has 2 aromatic carbocycles. The van der Waals surface area contributed by atoms with E-state index in [0.29, 0.717) is 18.4 Å². The quantitative estimate of drug-likeness (QED) is 0.843. The van der Waals surface area contributed by atoms with Crippen LogP contribution in [0.3, 0.4) is 0 Å². The lowest BCUT2D eigenvalue weighted by atomic mass is 9.88. The second kappa shape index (κ2) is 6.91. The van der Waals surface area contributed by atoms with Crippen molar-refractivity contribution in [2.24, 2.45) is 5.73 Å². The Kier molecular flexibility index (Phi) is 5.19. The van der Waals surface area contributed by atoms with E-state index in [4.69, 9.17) is 5.73 Å². The van der Waals surface area contributed by atoms with E-state index in [0.717, 1.165) is 6.42 Å². The minimum absolute atomic E-state index is 0.398. The minimum Gasteiger partial charge on any atom is -0.330 e. The van der Waals surface area contributed by atoms with Crippen molar-refractivity contribution in [1.29, 1.82) is 0 Å². The van der Waals surface area contributed by atoms with E-state index < -0.39 is 0 Å². The van der Waals surface area contributed by atoms with Crippen LogP contribution in [0.1, 0.15) is 53.5 Å². The van der Waals surface area contributed by atoms with Gasteiger partial charge in [-0.1, -0.05) is 61.9 Å². The SMILES string of the molecule is Cc1ccc(C)c(C(CN)Cc2ccc(C(C)C)cc2)c1. The Morgan fingerprint density at radius 2 is 1.62 bits per heavy atom. The first-order valence-corrected chi connectivity index (χ1v) is 7.87. The molecule has 0 fully saturated rings. The largest absolute Gasteiger partial charge is 0.330 e. The summed E-state index contributed by atoms with van der Waals surface area (Å²) in [6.07, 6.45) is 1.01. The van der Waals surface area contributed by atoms with Crippen molar-refractivity contribution in [2.75, 3.05) is 6.54 Å². The van der Waals surface area contributed by atoms with Gasteiger partial charge < -0.3 is 5.73 Å². The molecule has 0 aliphatic rings. The first-order valence-electron chi connectivity index (χ1n) is 7.87. The average Bonchev–Trinajstić information content (AvgIpc) is 2.48. The molecule has 0 saturated heterocycles. The van der Waals surface area contributed by atoms with E-state index in [1.165, 1.54) is 27.8 Å². The van der Waals surface area contributed by atoms with Crippen molar-refractivity contribution in [2.45, 2.75) is 46.0 Å². The van der Waals surface area contributed by atoms with Gasteiger partial charge in [0.25, 0.3) is 0 Å². The zero-order valence-corrected chi connectivity index (χ0v) is 13.7. The molecule has 2 aromatic rings. The maximum atomic E-state index is 6.05. The van der Waals surface area contributed by atoms with Gasteiger partial charge >= 0.3 is 0 Å². The molecule has 0 aliphatic heterocycles. The number of aryl methyl sites for hydroxylation is 2. The molecule has 1 heteroatoms. The van der Waals surface area contributed by atoms with Crippen LogP contribution in [0.5, 0.6) is 0 Å². The lowest BCUT2D eigenvalue weighted by Gasteiger charge is -2.19. The third-order valence-corrected chi connectivity index (χ3v) is 4.29. The van der Waals surface area contributed by atoms with Crippen LogP contribution in [0.2, 0.25) is 0 Å². The molecule has 1 unspecified atom stereocenters. The number of rotatable bonds is 5. The van der Waals surface area contributed by atoms with Crippen molar-refractivity contribution in [3.63, 3.8) is 0 Å². The molecule has 2 N–H and O–H groups in total. The minimum atomic E-state index is 0.398. The second-order valence-electron chi connectivity index (χ2n) is 6.39. The van der Waals surface area contributed by atoms with Gasteiger partial charge in [-0.25, -0.2) is 0 Å². The molecule has 0 aliphatic carbocycles. The molecule has 1 atom stereocenters. The monoisotopic (exact) mass is 281 g/mol. The summed E-state index contributed by atoms with van der Waals surface area (Å²) in [7, 11) is 0. The van der Waals surface area contributed by atoms with Crippen LogP contribution in [0.25, 0.3) is 0 Å². The lowest BCUT2D eigenvalue weighted by molar-refractivity contribution is 0.688. The Morgan fingerprint density at radius 3 is 2.19 bits per heavy atom. The maximum Gasteiger partial charge on any atom is 0.000429 e. The van der Waals surface area contributed by atoms with Crippen LogP contribution in [0.4, 0.5) is 0 Å². The standard InChI is InChI=1S/C20H27N/c1-14(2)18-9-7-17(8-10-18)12-19(13-21)20-11-15(3)5-6-16(20)4/h5-11,14,19H,12-13,21H2,1-4H3.